The molecule has 0 fully saturated rings. The Morgan fingerprint density at radius 1 is 1.11 bits per heavy atom. The molecule has 2 amide bonds. The van der Waals surface area contributed by atoms with Crippen LogP contribution in [0.25, 0.3) is 0 Å². The normalized spacial score (nSPS) is 18.0. The van der Waals surface area contributed by atoms with Gasteiger partial charge in [-0.15, -0.1) is 0 Å². The number of aliphatic hydroxyl groups is 1. The molecule has 0 saturated carbocycles. The van der Waals surface area contributed by atoms with Crippen LogP contribution < -0.4 is 5.48 Å². The zero-order valence-corrected chi connectivity index (χ0v) is 14.6. The van der Waals surface area contributed by atoms with Crippen molar-refractivity contribution >= 4 is 11.8 Å². The lowest BCUT2D eigenvalue weighted by Gasteiger charge is -2.32. The van der Waals surface area contributed by atoms with Gasteiger partial charge in [-0.1, -0.05) is 36.4 Å². The van der Waals surface area contributed by atoms with E-state index >= 15 is 0 Å². The maximum absolute atomic E-state index is 13.2. The van der Waals surface area contributed by atoms with Gasteiger partial charge in [0, 0.05) is 25.8 Å². The number of fused-ring (bicyclic) bond motifs is 1. The molecule has 2 atom stereocenters. The molecule has 1 aliphatic carbocycles. The number of halogens is 1. The van der Waals surface area contributed by atoms with E-state index in [1.54, 1.807) is 12.1 Å². The largest absolute Gasteiger partial charge is 0.390 e. The molecule has 1 aliphatic rings. The quantitative estimate of drug-likeness (QED) is 0.535. The summed E-state index contributed by atoms with van der Waals surface area (Å²) in [4.78, 5) is 25.7. The Hall–Kier alpha value is -2.77. The highest BCUT2D eigenvalue weighted by Crippen LogP contribution is 2.37. The van der Waals surface area contributed by atoms with Crippen LogP contribution in [0.1, 0.15) is 35.6 Å². The van der Waals surface area contributed by atoms with E-state index in [4.69, 9.17) is 5.21 Å². The van der Waals surface area contributed by atoms with Crippen LogP contribution in [0.15, 0.2) is 48.5 Å². The Labute approximate surface area is 156 Å². The molecule has 0 unspecified atom stereocenters. The van der Waals surface area contributed by atoms with Crippen LogP contribution in [0.3, 0.4) is 0 Å². The minimum atomic E-state index is -0.765. The van der Waals surface area contributed by atoms with Gasteiger partial charge in [0.2, 0.25) is 11.8 Å². The Morgan fingerprint density at radius 3 is 2.52 bits per heavy atom. The highest BCUT2D eigenvalue weighted by Gasteiger charge is 2.37. The lowest BCUT2D eigenvalue weighted by atomic mass is 10.0. The second kappa shape index (κ2) is 8.28. The first-order valence-corrected chi connectivity index (χ1v) is 8.72. The average molecular weight is 372 g/mol. The fourth-order valence-corrected chi connectivity index (χ4v) is 3.48. The van der Waals surface area contributed by atoms with Crippen LogP contribution in [0, 0.1) is 5.82 Å². The van der Waals surface area contributed by atoms with Gasteiger partial charge in [0.15, 0.2) is 0 Å². The van der Waals surface area contributed by atoms with Crippen molar-refractivity contribution in [2.75, 3.05) is 0 Å². The Bertz CT molecular complexity index is 825. The van der Waals surface area contributed by atoms with Crippen LogP contribution in [-0.2, 0) is 22.6 Å². The van der Waals surface area contributed by atoms with Gasteiger partial charge in [0.05, 0.1) is 12.1 Å². The van der Waals surface area contributed by atoms with Crippen LogP contribution >= 0.6 is 0 Å². The lowest BCUT2D eigenvalue weighted by Crippen LogP contribution is -2.39. The third-order valence-corrected chi connectivity index (χ3v) is 4.78. The van der Waals surface area contributed by atoms with E-state index < -0.39 is 18.1 Å². The van der Waals surface area contributed by atoms with Gasteiger partial charge in [0.1, 0.15) is 5.82 Å². The fourth-order valence-electron chi connectivity index (χ4n) is 3.48. The van der Waals surface area contributed by atoms with Gasteiger partial charge in [0.25, 0.3) is 0 Å². The van der Waals surface area contributed by atoms with E-state index in [1.807, 2.05) is 24.3 Å². The van der Waals surface area contributed by atoms with Crippen molar-refractivity contribution in [1.82, 2.24) is 10.4 Å². The number of aliphatic hydroxyl groups excluding tert-OH is 1. The van der Waals surface area contributed by atoms with E-state index in [9.17, 15) is 19.1 Å². The smallest absolute Gasteiger partial charge is 0.243 e. The zero-order valence-electron chi connectivity index (χ0n) is 14.6. The maximum atomic E-state index is 13.2. The van der Waals surface area contributed by atoms with Gasteiger partial charge < -0.3 is 10.0 Å². The van der Waals surface area contributed by atoms with Crippen LogP contribution in [0.5, 0.6) is 0 Å². The van der Waals surface area contributed by atoms with Gasteiger partial charge in [-0.05, 0) is 28.8 Å². The van der Waals surface area contributed by atoms with Crippen molar-refractivity contribution < 1.29 is 24.3 Å². The molecule has 2 aromatic carbocycles. The number of rotatable bonds is 6. The number of nitrogens with one attached hydrogen (secondary N) is 1. The second-order valence-corrected chi connectivity index (χ2v) is 6.60. The number of hydrogen-bond acceptors (Lipinski definition) is 4. The monoisotopic (exact) mass is 372 g/mol. The molecule has 7 heteroatoms. The van der Waals surface area contributed by atoms with Crippen molar-refractivity contribution in [3.63, 3.8) is 0 Å². The van der Waals surface area contributed by atoms with Gasteiger partial charge in [-0.25, -0.2) is 9.87 Å². The second-order valence-electron chi connectivity index (χ2n) is 6.60. The minimum Gasteiger partial charge on any atom is -0.390 e. The third kappa shape index (κ3) is 4.32. The molecule has 0 aromatic heterocycles. The molecule has 0 radical (unpaired) electrons. The molecule has 27 heavy (non-hydrogen) atoms. The van der Waals surface area contributed by atoms with E-state index in [1.165, 1.54) is 22.5 Å². The molecule has 3 rings (SSSR count). The molecule has 2 aromatic rings. The van der Waals surface area contributed by atoms with Gasteiger partial charge >= 0.3 is 0 Å². The van der Waals surface area contributed by atoms with Gasteiger partial charge in [-0.3, -0.25) is 14.8 Å². The molecule has 0 heterocycles. The van der Waals surface area contributed by atoms with E-state index in [0.29, 0.717) is 12.0 Å². The number of amides is 2. The van der Waals surface area contributed by atoms with E-state index in [-0.39, 0.29) is 31.1 Å². The summed E-state index contributed by atoms with van der Waals surface area (Å²) in [5.74, 6) is -1.36. The first-order chi connectivity index (χ1) is 13.0. The number of hydrogen-bond donors (Lipinski definition) is 3. The van der Waals surface area contributed by atoms with Crippen molar-refractivity contribution in [1.29, 1.82) is 0 Å². The molecule has 0 spiro atoms. The van der Waals surface area contributed by atoms with Crippen molar-refractivity contribution in [2.24, 2.45) is 0 Å². The van der Waals surface area contributed by atoms with Crippen LogP contribution in [-0.4, -0.2) is 33.1 Å². The van der Waals surface area contributed by atoms with E-state index in [0.717, 1.165) is 11.1 Å². The molecular weight excluding hydrogens is 351 g/mol. The highest BCUT2D eigenvalue weighted by atomic mass is 19.1. The van der Waals surface area contributed by atoms with Gasteiger partial charge in [-0.2, -0.15) is 0 Å². The fraction of sp³-hybridized carbons (Fsp3) is 0.300. The van der Waals surface area contributed by atoms with Crippen molar-refractivity contribution in [2.45, 2.75) is 38.0 Å². The highest BCUT2D eigenvalue weighted by molar-refractivity contribution is 5.83. The Balaban J connectivity index is 1.88. The number of hydroxylamine groups is 1. The average Bonchev–Trinajstić information content (AvgIpc) is 3.01. The SMILES string of the molecule is O=C(CCC(=O)N(Cc1ccc(F)cc1)[C@H]1c2ccccc2C[C@H]1O)NO. The number of carbonyl (C=O) groups excluding carboxylic acids is 2. The summed E-state index contributed by atoms with van der Waals surface area (Å²) >= 11 is 0. The standard InChI is InChI=1S/C20H21FN2O4/c21-15-7-5-13(6-8-15)12-23(19(26)10-9-18(25)22-27)20-16-4-2-1-3-14(16)11-17(20)24/h1-8,17,20,24,27H,9-12H2,(H,22,25)/t17-,20+/m1/s1. The van der Waals surface area contributed by atoms with Crippen molar-refractivity contribution in [3.8, 4) is 0 Å². The molecule has 0 bridgehead atoms. The lowest BCUT2D eigenvalue weighted by molar-refractivity contribution is -0.140. The van der Waals surface area contributed by atoms with Crippen LogP contribution in [0.2, 0.25) is 0 Å². The summed E-state index contributed by atoms with van der Waals surface area (Å²) in [5.41, 5.74) is 4.06. The summed E-state index contributed by atoms with van der Waals surface area (Å²) in [5, 5.41) is 19.2. The summed E-state index contributed by atoms with van der Waals surface area (Å²) in [6, 6.07) is 12.8. The maximum Gasteiger partial charge on any atom is 0.243 e. The Morgan fingerprint density at radius 2 is 1.81 bits per heavy atom. The molecule has 3 N–H and O–H groups in total. The van der Waals surface area contributed by atoms with Crippen LogP contribution in [0.4, 0.5) is 4.39 Å². The Kier molecular flexibility index (Phi) is 5.83. The number of nitrogens with zero attached hydrogens (tertiary/aromatic N) is 1. The van der Waals surface area contributed by atoms with Crippen molar-refractivity contribution in [3.05, 3.63) is 71.0 Å². The molecular formula is C20H21FN2O4. The minimum absolute atomic E-state index is 0.112. The number of benzene rings is 2. The number of carbonyl (C=O) groups is 2. The summed E-state index contributed by atoms with van der Waals surface area (Å²) in [7, 11) is 0. The molecule has 0 saturated heterocycles. The summed E-state index contributed by atoms with van der Waals surface area (Å²) < 4.78 is 13.2. The summed E-state index contributed by atoms with van der Waals surface area (Å²) in [6.45, 7) is 0.177. The van der Waals surface area contributed by atoms with E-state index in [2.05, 4.69) is 0 Å². The molecule has 6 nitrogen and oxygen atoms in total. The predicted octanol–water partition coefficient (Wildman–Crippen LogP) is 2.10. The third-order valence-electron chi connectivity index (χ3n) is 4.78. The first kappa shape index (κ1) is 19.0. The molecule has 0 aliphatic heterocycles. The molecule has 142 valence electrons. The zero-order chi connectivity index (χ0) is 19.4. The predicted molar refractivity (Wildman–Crippen MR) is 95.0 cm³/mol. The first-order valence-electron chi connectivity index (χ1n) is 8.72. The topological polar surface area (TPSA) is 89.9 Å². The summed E-state index contributed by atoms with van der Waals surface area (Å²) in [6.07, 6.45) is -0.609.